The van der Waals surface area contributed by atoms with Gasteiger partial charge in [-0.15, -0.1) is 0 Å². The molecular formula is C17H20O2. The lowest BCUT2D eigenvalue weighted by atomic mass is 10.0. The first-order valence-corrected chi connectivity index (χ1v) is 6.76. The second kappa shape index (κ2) is 6.83. The van der Waals surface area contributed by atoms with E-state index >= 15 is 0 Å². The molecule has 0 amide bonds. The zero-order valence-corrected chi connectivity index (χ0v) is 11.6. The second-order valence-electron chi connectivity index (χ2n) is 4.30. The van der Waals surface area contributed by atoms with E-state index in [2.05, 4.69) is 30.3 Å². The van der Waals surface area contributed by atoms with E-state index < -0.39 is 0 Å². The molecular weight excluding hydrogens is 236 g/mol. The molecule has 0 fully saturated rings. The third-order valence-electron chi connectivity index (χ3n) is 2.89. The number of benzene rings is 2. The van der Waals surface area contributed by atoms with Crippen molar-refractivity contribution in [2.75, 3.05) is 13.2 Å². The number of hydrogen-bond donors (Lipinski definition) is 0. The molecule has 19 heavy (non-hydrogen) atoms. The molecule has 0 atom stereocenters. The molecule has 0 unspecified atom stereocenters. The lowest BCUT2D eigenvalue weighted by Crippen LogP contribution is -1.99. The van der Waals surface area contributed by atoms with Crippen LogP contribution >= 0.6 is 0 Å². The Morgan fingerprint density at radius 2 is 1.58 bits per heavy atom. The fraction of sp³-hybridized carbons (Fsp3) is 0.294. The van der Waals surface area contributed by atoms with Crippen LogP contribution in [0, 0.1) is 0 Å². The molecule has 100 valence electrons. The maximum atomic E-state index is 5.72. The lowest BCUT2D eigenvalue weighted by Gasteiger charge is -2.12. The maximum absolute atomic E-state index is 5.72. The van der Waals surface area contributed by atoms with Crippen molar-refractivity contribution in [1.29, 1.82) is 0 Å². The molecule has 0 radical (unpaired) electrons. The Morgan fingerprint density at radius 3 is 2.26 bits per heavy atom. The van der Waals surface area contributed by atoms with E-state index in [0.29, 0.717) is 13.2 Å². The van der Waals surface area contributed by atoms with Crippen LogP contribution in [0.4, 0.5) is 0 Å². The van der Waals surface area contributed by atoms with E-state index in [0.717, 1.165) is 17.9 Å². The number of ether oxygens (including phenoxy) is 2. The summed E-state index contributed by atoms with van der Waals surface area (Å²) in [5, 5.41) is 0. The van der Waals surface area contributed by atoms with Gasteiger partial charge >= 0.3 is 0 Å². The summed E-state index contributed by atoms with van der Waals surface area (Å²) in [6, 6.07) is 16.5. The average molecular weight is 256 g/mol. The van der Waals surface area contributed by atoms with Crippen molar-refractivity contribution in [3.05, 3.63) is 59.7 Å². The van der Waals surface area contributed by atoms with Crippen molar-refractivity contribution < 1.29 is 9.47 Å². The average Bonchev–Trinajstić information content (AvgIpc) is 2.43. The minimum atomic E-state index is 0.664. The van der Waals surface area contributed by atoms with Crippen LogP contribution in [-0.4, -0.2) is 13.2 Å². The van der Waals surface area contributed by atoms with Crippen molar-refractivity contribution >= 4 is 0 Å². The molecule has 0 saturated heterocycles. The molecule has 0 bridgehead atoms. The number of rotatable bonds is 6. The van der Waals surface area contributed by atoms with E-state index in [1.165, 1.54) is 11.1 Å². The number of hydrogen-bond acceptors (Lipinski definition) is 2. The van der Waals surface area contributed by atoms with Gasteiger partial charge in [0.1, 0.15) is 11.5 Å². The fourth-order valence-electron chi connectivity index (χ4n) is 2.04. The Morgan fingerprint density at radius 1 is 0.842 bits per heavy atom. The molecule has 0 heterocycles. The molecule has 2 heteroatoms. The van der Waals surface area contributed by atoms with Crippen LogP contribution in [0.25, 0.3) is 0 Å². The van der Waals surface area contributed by atoms with Gasteiger partial charge in [0.05, 0.1) is 13.2 Å². The summed E-state index contributed by atoms with van der Waals surface area (Å²) in [6.45, 7) is 5.32. The quantitative estimate of drug-likeness (QED) is 0.775. The molecule has 0 aliphatic heterocycles. The summed E-state index contributed by atoms with van der Waals surface area (Å²) in [5.41, 5.74) is 2.48. The molecule has 0 N–H and O–H groups in total. The van der Waals surface area contributed by atoms with Gasteiger partial charge in [0.15, 0.2) is 0 Å². The van der Waals surface area contributed by atoms with Gasteiger partial charge < -0.3 is 9.47 Å². The molecule has 0 aliphatic carbocycles. The highest BCUT2D eigenvalue weighted by atomic mass is 16.5. The Hall–Kier alpha value is -1.96. The van der Waals surface area contributed by atoms with Crippen molar-refractivity contribution in [2.45, 2.75) is 20.3 Å². The van der Waals surface area contributed by atoms with Gasteiger partial charge in [-0.05, 0) is 31.0 Å². The largest absolute Gasteiger partial charge is 0.494 e. The molecule has 0 aromatic heterocycles. The van der Waals surface area contributed by atoms with Crippen molar-refractivity contribution in [3.8, 4) is 11.5 Å². The molecule has 2 aromatic carbocycles. The first-order chi connectivity index (χ1) is 9.33. The van der Waals surface area contributed by atoms with Crippen LogP contribution in [0.2, 0.25) is 0 Å². The second-order valence-corrected chi connectivity index (χ2v) is 4.30. The van der Waals surface area contributed by atoms with Crippen molar-refractivity contribution in [2.24, 2.45) is 0 Å². The summed E-state index contributed by atoms with van der Waals surface area (Å²) in [7, 11) is 0. The Balaban J connectivity index is 2.23. The predicted octanol–water partition coefficient (Wildman–Crippen LogP) is 4.07. The predicted molar refractivity (Wildman–Crippen MR) is 78.0 cm³/mol. The monoisotopic (exact) mass is 256 g/mol. The third kappa shape index (κ3) is 3.75. The van der Waals surface area contributed by atoms with Crippen molar-refractivity contribution in [3.63, 3.8) is 0 Å². The summed E-state index contributed by atoms with van der Waals surface area (Å²) >= 11 is 0. The SMILES string of the molecule is CCOc1ccc(Cc2ccccc2)c(OCC)c1. The van der Waals surface area contributed by atoms with Crippen LogP contribution in [0.5, 0.6) is 11.5 Å². The molecule has 2 nitrogen and oxygen atoms in total. The van der Waals surface area contributed by atoms with Gasteiger partial charge in [0.25, 0.3) is 0 Å². The van der Waals surface area contributed by atoms with E-state index in [4.69, 9.17) is 9.47 Å². The molecule has 0 saturated carbocycles. The Bertz CT molecular complexity index is 506. The first kappa shape index (κ1) is 13.5. The van der Waals surface area contributed by atoms with Crippen LogP contribution in [0.1, 0.15) is 25.0 Å². The van der Waals surface area contributed by atoms with E-state index in [9.17, 15) is 0 Å². The highest BCUT2D eigenvalue weighted by molar-refractivity contribution is 5.43. The zero-order valence-electron chi connectivity index (χ0n) is 11.6. The summed E-state index contributed by atoms with van der Waals surface area (Å²) in [4.78, 5) is 0. The van der Waals surface area contributed by atoms with E-state index in [-0.39, 0.29) is 0 Å². The van der Waals surface area contributed by atoms with Crippen molar-refractivity contribution in [1.82, 2.24) is 0 Å². The van der Waals surface area contributed by atoms with Gasteiger partial charge in [0.2, 0.25) is 0 Å². The molecule has 0 spiro atoms. The summed E-state index contributed by atoms with van der Waals surface area (Å²) in [5.74, 6) is 1.78. The lowest BCUT2D eigenvalue weighted by molar-refractivity contribution is 0.321. The van der Waals surface area contributed by atoms with Crippen LogP contribution in [0.15, 0.2) is 48.5 Å². The van der Waals surface area contributed by atoms with Crippen LogP contribution in [0.3, 0.4) is 0 Å². The summed E-state index contributed by atoms with van der Waals surface area (Å²) < 4.78 is 11.2. The van der Waals surface area contributed by atoms with Crippen LogP contribution < -0.4 is 9.47 Å². The van der Waals surface area contributed by atoms with Gasteiger partial charge in [-0.25, -0.2) is 0 Å². The molecule has 0 aliphatic rings. The van der Waals surface area contributed by atoms with Crippen LogP contribution in [-0.2, 0) is 6.42 Å². The normalized spacial score (nSPS) is 10.2. The highest BCUT2D eigenvalue weighted by Gasteiger charge is 2.06. The molecule has 2 rings (SSSR count). The topological polar surface area (TPSA) is 18.5 Å². The van der Waals surface area contributed by atoms with Gasteiger partial charge in [-0.2, -0.15) is 0 Å². The fourth-order valence-corrected chi connectivity index (χ4v) is 2.04. The van der Waals surface area contributed by atoms with Gasteiger partial charge in [-0.3, -0.25) is 0 Å². The zero-order chi connectivity index (χ0) is 13.5. The van der Waals surface area contributed by atoms with E-state index in [1.807, 2.05) is 32.0 Å². The van der Waals surface area contributed by atoms with E-state index in [1.54, 1.807) is 0 Å². The highest BCUT2D eigenvalue weighted by Crippen LogP contribution is 2.27. The summed E-state index contributed by atoms with van der Waals surface area (Å²) in [6.07, 6.45) is 0.878. The minimum absolute atomic E-state index is 0.664. The van der Waals surface area contributed by atoms with Gasteiger partial charge in [0, 0.05) is 12.5 Å². The Kier molecular flexibility index (Phi) is 4.85. The maximum Gasteiger partial charge on any atom is 0.126 e. The third-order valence-corrected chi connectivity index (χ3v) is 2.89. The molecule has 2 aromatic rings. The Labute approximate surface area is 115 Å². The smallest absolute Gasteiger partial charge is 0.126 e. The van der Waals surface area contributed by atoms with Gasteiger partial charge in [-0.1, -0.05) is 36.4 Å². The standard InChI is InChI=1S/C17H20O2/c1-3-18-16-11-10-15(17(13-16)19-4-2)12-14-8-6-5-7-9-14/h5-11,13H,3-4,12H2,1-2H3. The minimum Gasteiger partial charge on any atom is -0.494 e. The first-order valence-electron chi connectivity index (χ1n) is 6.76.